The topological polar surface area (TPSA) is 42.2 Å². The van der Waals surface area contributed by atoms with E-state index in [4.69, 9.17) is 0 Å². The molecule has 0 atom stereocenters. The van der Waals surface area contributed by atoms with Crippen LogP contribution in [0, 0.1) is 13.8 Å². The number of carbonyl (C=O) groups is 1. The average molecular weight is 514 g/mol. The predicted octanol–water partition coefficient (Wildman–Crippen LogP) is 8.70. The Morgan fingerprint density at radius 1 is 0.949 bits per heavy atom. The number of Topliss-reactive ketones (excluding diaryl/α,β-unsaturated/α-hetero) is 1. The van der Waals surface area contributed by atoms with Crippen LogP contribution < -0.4 is 0 Å². The number of benzene rings is 3. The molecule has 1 fully saturated rings. The fraction of sp³-hybridized carbons (Fsp3) is 0.250. The molecule has 1 N–H and O–H groups in total. The number of aromatic nitrogens is 1. The molecule has 1 heterocycles. The van der Waals surface area contributed by atoms with Gasteiger partial charge in [-0.15, -0.1) is 0 Å². The van der Waals surface area contributed by atoms with Crippen LogP contribution >= 0.6 is 0 Å². The van der Waals surface area contributed by atoms with Gasteiger partial charge >= 0.3 is 0 Å². The summed E-state index contributed by atoms with van der Waals surface area (Å²) in [5.41, 5.74) is 9.04. The fourth-order valence-electron chi connectivity index (χ4n) is 6.85. The highest BCUT2D eigenvalue weighted by Crippen LogP contribution is 2.49. The van der Waals surface area contributed by atoms with Gasteiger partial charge in [0.25, 0.3) is 0 Å². The van der Waals surface area contributed by atoms with Crippen molar-refractivity contribution < 1.29 is 9.90 Å². The smallest absolute Gasteiger partial charge is 0.201 e. The third-order valence-corrected chi connectivity index (χ3v) is 8.92. The zero-order valence-corrected chi connectivity index (χ0v) is 23.1. The van der Waals surface area contributed by atoms with E-state index < -0.39 is 0 Å². The van der Waals surface area contributed by atoms with Crippen LogP contribution in [0.25, 0.3) is 27.7 Å². The molecule has 2 aliphatic carbocycles. The first-order valence-electron chi connectivity index (χ1n) is 13.9. The van der Waals surface area contributed by atoms with E-state index in [1.165, 1.54) is 23.1 Å². The van der Waals surface area contributed by atoms with Crippen molar-refractivity contribution in [1.82, 2.24) is 4.57 Å². The molecule has 3 heteroatoms. The third-order valence-electron chi connectivity index (χ3n) is 8.92. The Balaban J connectivity index is 1.48. The van der Waals surface area contributed by atoms with Crippen molar-refractivity contribution in [3.63, 3.8) is 0 Å². The predicted molar refractivity (Wildman–Crippen MR) is 161 cm³/mol. The van der Waals surface area contributed by atoms with Crippen molar-refractivity contribution >= 4 is 22.3 Å². The quantitative estimate of drug-likeness (QED) is 0.271. The first-order valence-corrected chi connectivity index (χ1v) is 13.9. The molecule has 3 nitrogen and oxygen atoms in total. The maximum Gasteiger partial charge on any atom is 0.201 e. The van der Waals surface area contributed by atoms with E-state index in [1.807, 2.05) is 61.7 Å². The summed E-state index contributed by atoms with van der Waals surface area (Å²) in [6.07, 6.45) is 7.37. The van der Waals surface area contributed by atoms with Gasteiger partial charge in [0.1, 0.15) is 5.76 Å². The number of carbonyl (C=O) groups excluding carboxylic acids is 1. The van der Waals surface area contributed by atoms with E-state index in [-0.39, 0.29) is 17.0 Å². The maximum absolute atomic E-state index is 13.9. The van der Waals surface area contributed by atoms with Gasteiger partial charge in [-0.1, -0.05) is 98.1 Å². The maximum atomic E-state index is 13.9. The molecule has 0 amide bonds. The molecule has 0 spiro atoms. The molecule has 2 aliphatic rings. The lowest BCUT2D eigenvalue weighted by atomic mass is 9.63. The van der Waals surface area contributed by atoms with Gasteiger partial charge in [0.15, 0.2) is 0 Å². The number of hydrogen-bond donors (Lipinski definition) is 1. The molecule has 0 radical (unpaired) electrons. The van der Waals surface area contributed by atoms with Crippen molar-refractivity contribution in [2.45, 2.75) is 51.4 Å². The third kappa shape index (κ3) is 3.91. The summed E-state index contributed by atoms with van der Waals surface area (Å²) >= 11 is 0. The number of aliphatic hydroxyl groups is 1. The van der Waals surface area contributed by atoms with Crippen LogP contribution in [0.4, 0.5) is 0 Å². The Morgan fingerprint density at radius 2 is 1.64 bits per heavy atom. The van der Waals surface area contributed by atoms with E-state index in [0.717, 1.165) is 59.0 Å². The molecule has 0 bridgehead atoms. The zero-order valence-electron chi connectivity index (χ0n) is 23.1. The minimum Gasteiger partial charge on any atom is -0.506 e. The number of allylic oxidation sites excluding steroid dienone is 4. The number of para-hydroxylation sites is 1. The number of aliphatic hydroxyl groups excluding tert-OH is 1. The second-order valence-electron chi connectivity index (χ2n) is 11.3. The van der Waals surface area contributed by atoms with E-state index in [0.29, 0.717) is 11.1 Å². The molecule has 0 unspecified atom stereocenters. The summed E-state index contributed by atoms with van der Waals surface area (Å²) in [6, 6.07) is 24.8. The number of hydrogen-bond acceptors (Lipinski definition) is 2. The number of aryl methyl sites for hydroxylation is 3. The largest absolute Gasteiger partial charge is 0.506 e. The summed E-state index contributed by atoms with van der Waals surface area (Å²) in [7, 11) is 2.02. The molecule has 3 aromatic carbocycles. The van der Waals surface area contributed by atoms with Crippen LogP contribution in [0.5, 0.6) is 0 Å². The van der Waals surface area contributed by atoms with Gasteiger partial charge in [-0.3, -0.25) is 4.79 Å². The molecule has 4 aromatic rings. The summed E-state index contributed by atoms with van der Waals surface area (Å²) in [4.78, 5) is 13.9. The number of rotatable bonds is 5. The molecule has 1 saturated carbocycles. The van der Waals surface area contributed by atoms with Crippen LogP contribution in [-0.2, 0) is 17.3 Å². The Morgan fingerprint density at radius 3 is 2.36 bits per heavy atom. The van der Waals surface area contributed by atoms with Gasteiger partial charge in [-0.25, -0.2) is 0 Å². The highest BCUT2D eigenvalue weighted by atomic mass is 16.3. The number of nitrogens with zero attached hydrogens (tertiary/aromatic N) is 1. The van der Waals surface area contributed by atoms with Gasteiger partial charge in [-0.2, -0.15) is 0 Å². The van der Waals surface area contributed by atoms with Gasteiger partial charge < -0.3 is 9.67 Å². The summed E-state index contributed by atoms with van der Waals surface area (Å²) in [6.45, 7) is 8.84. The standard InChI is InChI=1S/C36H35NO2/c1-23-17-18-24(2)29(21-23)36(19-11-6-12-20-36)25(3)22-28-34(38)32(35(28)39)31-27-15-9-10-16-30(27)37(4)33(31)26-13-7-5-8-14-26/h5,7-10,13-18,21-22,38H,3,6,11-12,19-20H2,1-2,4H3/b28-22-. The minimum atomic E-state index is -0.216. The molecular formula is C36H35NO2. The van der Waals surface area contributed by atoms with Crippen molar-refractivity contribution in [2.24, 2.45) is 7.05 Å². The van der Waals surface area contributed by atoms with Crippen LogP contribution in [0.1, 0.15) is 54.4 Å². The first-order chi connectivity index (χ1) is 18.8. The molecular weight excluding hydrogens is 478 g/mol. The molecule has 1 aromatic heterocycles. The minimum absolute atomic E-state index is 0.0709. The Bertz CT molecular complexity index is 1690. The van der Waals surface area contributed by atoms with Gasteiger partial charge in [0, 0.05) is 28.9 Å². The van der Waals surface area contributed by atoms with E-state index in [1.54, 1.807) is 0 Å². The molecule has 0 saturated heterocycles. The van der Waals surface area contributed by atoms with Crippen LogP contribution in [0.15, 0.2) is 102 Å². The van der Waals surface area contributed by atoms with E-state index in [9.17, 15) is 9.90 Å². The second-order valence-corrected chi connectivity index (χ2v) is 11.3. The lowest BCUT2D eigenvalue weighted by Gasteiger charge is -2.40. The van der Waals surface area contributed by atoms with Gasteiger partial charge in [0.05, 0.1) is 16.8 Å². The second kappa shape index (κ2) is 9.57. The van der Waals surface area contributed by atoms with Gasteiger partial charge in [-0.05, 0) is 61.1 Å². The van der Waals surface area contributed by atoms with Crippen LogP contribution in [0.3, 0.4) is 0 Å². The van der Waals surface area contributed by atoms with E-state index in [2.05, 4.69) is 49.3 Å². The highest BCUT2D eigenvalue weighted by Gasteiger charge is 2.41. The molecule has 39 heavy (non-hydrogen) atoms. The Kier molecular flexibility index (Phi) is 6.18. The van der Waals surface area contributed by atoms with Crippen molar-refractivity contribution in [3.05, 3.63) is 125 Å². The van der Waals surface area contributed by atoms with E-state index >= 15 is 0 Å². The van der Waals surface area contributed by atoms with Crippen molar-refractivity contribution in [2.75, 3.05) is 0 Å². The summed E-state index contributed by atoms with van der Waals surface area (Å²) in [5.74, 6) is -0.0456. The number of fused-ring (bicyclic) bond motifs is 1. The van der Waals surface area contributed by atoms with Crippen LogP contribution in [-0.4, -0.2) is 15.5 Å². The Labute approximate surface area is 230 Å². The lowest BCUT2D eigenvalue weighted by Crippen LogP contribution is -2.32. The zero-order chi connectivity index (χ0) is 27.3. The lowest BCUT2D eigenvalue weighted by molar-refractivity contribution is -0.111. The normalized spacial score (nSPS) is 18.0. The molecule has 6 rings (SSSR count). The van der Waals surface area contributed by atoms with Gasteiger partial charge in [0.2, 0.25) is 5.78 Å². The number of ketones is 1. The first kappa shape index (κ1) is 25.2. The SMILES string of the molecule is C=C(/C=C1\C(=O)C(c2c(-c3ccccc3)n(C)c3ccccc23)=C1O)C1(c2cc(C)ccc2C)CCCCC1. The molecule has 196 valence electrons. The van der Waals surface area contributed by atoms with Crippen LogP contribution in [0.2, 0.25) is 0 Å². The monoisotopic (exact) mass is 513 g/mol. The van der Waals surface area contributed by atoms with Crippen molar-refractivity contribution in [1.29, 1.82) is 0 Å². The average Bonchev–Trinajstić information content (AvgIpc) is 3.25. The summed E-state index contributed by atoms with van der Waals surface area (Å²) < 4.78 is 2.12. The Hall–Kier alpha value is -4.11. The highest BCUT2D eigenvalue weighted by molar-refractivity contribution is 6.41. The fourth-order valence-corrected chi connectivity index (χ4v) is 6.85. The molecule has 0 aliphatic heterocycles. The van der Waals surface area contributed by atoms with Crippen molar-refractivity contribution in [3.8, 4) is 11.3 Å². The summed E-state index contributed by atoms with van der Waals surface area (Å²) in [5, 5.41) is 12.4.